The van der Waals surface area contributed by atoms with Crippen LogP contribution in [-0.4, -0.2) is 28.2 Å². The number of amides is 1. The van der Waals surface area contributed by atoms with Gasteiger partial charge >= 0.3 is 0 Å². The minimum Gasteiger partial charge on any atom is -0.496 e. The lowest BCUT2D eigenvalue weighted by Crippen LogP contribution is -2.25. The van der Waals surface area contributed by atoms with E-state index < -0.39 is 0 Å². The highest BCUT2D eigenvalue weighted by Crippen LogP contribution is 2.21. The van der Waals surface area contributed by atoms with Crippen molar-refractivity contribution in [1.82, 2.24) is 20.5 Å². The maximum absolute atomic E-state index is 11.9. The number of carbonyl (C=O) groups is 1. The first kappa shape index (κ1) is 15.0. The molecule has 0 bridgehead atoms. The number of rotatable bonds is 7. The number of para-hydroxylation sites is 1. The maximum Gasteiger partial charge on any atom is 0.220 e. The quantitative estimate of drug-likeness (QED) is 0.812. The molecule has 0 unspecified atom stereocenters. The van der Waals surface area contributed by atoms with Crippen LogP contribution in [0.1, 0.15) is 24.7 Å². The highest BCUT2D eigenvalue weighted by molar-refractivity contribution is 5.76. The Bertz CT molecular complexity index is 569. The molecule has 2 N–H and O–H groups in total. The first-order valence-corrected chi connectivity index (χ1v) is 6.92. The highest BCUT2D eigenvalue weighted by atomic mass is 16.5. The first-order valence-electron chi connectivity index (χ1n) is 6.92. The third-order valence-electron chi connectivity index (χ3n) is 3.21. The number of nitrogens with zero attached hydrogens (tertiary/aromatic N) is 2. The van der Waals surface area contributed by atoms with E-state index in [0.717, 1.165) is 17.7 Å². The minimum absolute atomic E-state index is 0.00815. The van der Waals surface area contributed by atoms with Crippen molar-refractivity contribution in [3.05, 3.63) is 42.0 Å². The fourth-order valence-electron chi connectivity index (χ4n) is 2.21. The molecule has 21 heavy (non-hydrogen) atoms. The van der Waals surface area contributed by atoms with E-state index in [1.807, 2.05) is 24.3 Å². The average molecular weight is 288 g/mol. The molecule has 0 aliphatic rings. The van der Waals surface area contributed by atoms with Gasteiger partial charge in [0.05, 0.1) is 13.7 Å². The molecule has 0 fully saturated rings. The molecule has 1 amide bonds. The summed E-state index contributed by atoms with van der Waals surface area (Å²) >= 11 is 0. The minimum atomic E-state index is 0.00815. The molecule has 112 valence electrons. The van der Waals surface area contributed by atoms with Crippen LogP contribution >= 0.6 is 0 Å². The molecule has 1 aromatic carbocycles. The van der Waals surface area contributed by atoms with Crippen LogP contribution in [0.3, 0.4) is 0 Å². The number of nitrogens with one attached hydrogen (secondary N) is 2. The van der Waals surface area contributed by atoms with E-state index in [1.165, 1.54) is 6.33 Å². The summed E-state index contributed by atoms with van der Waals surface area (Å²) in [6.07, 6.45) is 2.69. The van der Waals surface area contributed by atoms with Gasteiger partial charge in [0, 0.05) is 6.42 Å². The Kier molecular flexibility index (Phi) is 5.31. The highest BCUT2D eigenvalue weighted by Gasteiger charge is 2.12. The molecular formula is C15H20N4O2. The van der Waals surface area contributed by atoms with Crippen molar-refractivity contribution >= 4 is 5.91 Å². The van der Waals surface area contributed by atoms with Crippen molar-refractivity contribution < 1.29 is 9.53 Å². The van der Waals surface area contributed by atoms with Crippen molar-refractivity contribution in [1.29, 1.82) is 0 Å². The number of ether oxygens (including phenoxy) is 1. The molecule has 2 aromatic rings. The molecule has 1 aromatic heterocycles. The van der Waals surface area contributed by atoms with Gasteiger partial charge in [-0.3, -0.25) is 9.89 Å². The topological polar surface area (TPSA) is 79.9 Å². The summed E-state index contributed by atoms with van der Waals surface area (Å²) < 4.78 is 5.33. The van der Waals surface area contributed by atoms with Crippen LogP contribution in [0.2, 0.25) is 0 Å². The van der Waals surface area contributed by atoms with Crippen LogP contribution in [0.4, 0.5) is 0 Å². The molecule has 6 nitrogen and oxygen atoms in total. The summed E-state index contributed by atoms with van der Waals surface area (Å²) in [7, 11) is 1.66. The van der Waals surface area contributed by atoms with Gasteiger partial charge in [0.25, 0.3) is 0 Å². The lowest BCUT2D eigenvalue weighted by molar-refractivity contribution is -0.122. The van der Waals surface area contributed by atoms with Crippen LogP contribution in [0.15, 0.2) is 30.6 Å². The molecule has 0 aliphatic heterocycles. The summed E-state index contributed by atoms with van der Waals surface area (Å²) in [5, 5.41) is 9.27. The van der Waals surface area contributed by atoms with Gasteiger partial charge in [0.1, 0.15) is 17.9 Å². The van der Waals surface area contributed by atoms with Gasteiger partial charge in [-0.2, -0.15) is 5.10 Å². The Morgan fingerprint density at radius 1 is 1.43 bits per heavy atom. The summed E-state index contributed by atoms with van der Waals surface area (Å²) in [5.41, 5.74) is 1.12. The van der Waals surface area contributed by atoms with E-state index in [2.05, 4.69) is 27.4 Å². The third-order valence-corrected chi connectivity index (χ3v) is 3.21. The molecule has 1 atom stereocenters. The van der Waals surface area contributed by atoms with E-state index in [9.17, 15) is 4.79 Å². The van der Waals surface area contributed by atoms with E-state index in [1.54, 1.807) is 7.11 Å². The van der Waals surface area contributed by atoms with Gasteiger partial charge < -0.3 is 10.1 Å². The van der Waals surface area contributed by atoms with Crippen molar-refractivity contribution in [2.24, 2.45) is 5.92 Å². The van der Waals surface area contributed by atoms with Crippen LogP contribution in [-0.2, 0) is 17.8 Å². The zero-order valence-electron chi connectivity index (χ0n) is 12.3. The van der Waals surface area contributed by atoms with Crippen LogP contribution in [0.5, 0.6) is 5.75 Å². The molecule has 1 heterocycles. The molecule has 0 aliphatic carbocycles. The number of methoxy groups -OCH3 is 1. The predicted molar refractivity (Wildman–Crippen MR) is 78.7 cm³/mol. The smallest absolute Gasteiger partial charge is 0.220 e. The molecule has 0 spiro atoms. The Balaban J connectivity index is 1.80. The SMILES string of the molecule is COc1ccccc1C[C@H](C)CC(=O)NCc1ncn[nH]1. The monoisotopic (exact) mass is 288 g/mol. The van der Waals surface area contributed by atoms with Gasteiger partial charge in [0.15, 0.2) is 0 Å². The van der Waals surface area contributed by atoms with E-state index in [-0.39, 0.29) is 11.8 Å². The Morgan fingerprint density at radius 2 is 2.24 bits per heavy atom. The fraction of sp³-hybridized carbons (Fsp3) is 0.400. The second kappa shape index (κ2) is 7.42. The largest absolute Gasteiger partial charge is 0.496 e. The zero-order chi connectivity index (χ0) is 15.1. The number of aromatic amines is 1. The summed E-state index contributed by atoms with van der Waals surface area (Å²) in [6, 6.07) is 7.89. The van der Waals surface area contributed by atoms with Gasteiger partial charge in [-0.15, -0.1) is 0 Å². The molecule has 0 saturated heterocycles. The molecule has 0 saturated carbocycles. The summed E-state index contributed by atoms with van der Waals surface area (Å²) in [6.45, 7) is 2.43. The number of hydrogen-bond donors (Lipinski definition) is 2. The maximum atomic E-state index is 11.9. The van der Waals surface area contributed by atoms with Crippen molar-refractivity contribution in [3.8, 4) is 5.75 Å². The molecule has 2 rings (SSSR count). The third kappa shape index (κ3) is 4.59. The van der Waals surface area contributed by atoms with Gasteiger partial charge in [-0.1, -0.05) is 25.1 Å². The molecule has 6 heteroatoms. The Hall–Kier alpha value is -2.37. The normalized spacial score (nSPS) is 11.9. The summed E-state index contributed by atoms with van der Waals surface area (Å²) in [5.74, 6) is 1.76. The Labute approximate surface area is 123 Å². The first-order chi connectivity index (χ1) is 10.2. The van der Waals surface area contributed by atoms with Crippen LogP contribution in [0.25, 0.3) is 0 Å². The van der Waals surface area contributed by atoms with E-state index in [0.29, 0.717) is 18.8 Å². The number of H-pyrrole nitrogens is 1. The lowest BCUT2D eigenvalue weighted by Gasteiger charge is -2.13. The van der Waals surface area contributed by atoms with Gasteiger partial charge in [-0.05, 0) is 24.0 Å². The number of hydrogen-bond acceptors (Lipinski definition) is 4. The zero-order valence-corrected chi connectivity index (χ0v) is 12.3. The van der Waals surface area contributed by atoms with Crippen molar-refractivity contribution in [3.63, 3.8) is 0 Å². The van der Waals surface area contributed by atoms with Crippen molar-refractivity contribution in [2.45, 2.75) is 26.3 Å². The van der Waals surface area contributed by atoms with Crippen LogP contribution in [0, 0.1) is 5.92 Å². The molecule has 0 radical (unpaired) electrons. The Morgan fingerprint density at radius 3 is 2.95 bits per heavy atom. The standard InChI is InChI=1S/C15H20N4O2/c1-11(7-12-5-3-4-6-13(12)21-2)8-15(20)16-9-14-17-10-18-19-14/h3-6,10-11H,7-9H2,1-2H3,(H,16,20)(H,17,18,19)/t11-/m0/s1. The van der Waals surface area contributed by atoms with Crippen molar-refractivity contribution in [2.75, 3.05) is 7.11 Å². The fourth-order valence-corrected chi connectivity index (χ4v) is 2.21. The number of carbonyl (C=O) groups excluding carboxylic acids is 1. The predicted octanol–water partition coefficient (Wildman–Crippen LogP) is 1.70. The number of benzene rings is 1. The second-order valence-corrected chi connectivity index (χ2v) is 5.03. The average Bonchev–Trinajstić information content (AvgIpc) is 2.99. The second-order valence-electron chi connectivity index (χ2n) is 5.03. The lowest BCUT2D eigenvalue weighted by atomic mass is 9.97. The van der Waals surface area contributed by atoms with Gasteiger partial charge in [0.2, 0.25) is 5.91 Å². The van der Waals surface area contributed by atoms with E-state index >= 15 is 0 Å². The van der Waals surface area contributed by atoms with E-state index in [4.69, 9.17) is 4.74 Å². The summed E-state index contributed by atoms with van der Waals surface area (Å²) in [4.78, 5) is 15.8. The van der Waals surface area contributed by atoms with Gasteiger partial charge in [-0.25, -0.2) is 4.98 Å². The molecular weight excluding hydrogens is 268 g/mol. The van der Waals surface area contributed by atoms with Crippen LogP contribution < -0.4 is 10.1 Å². The number of aromatic nitrogens is 3.